The van der Waals surface area contributed by atoms with Crippen LogP contribution in [0.3, 0.4) is 0 Å². The highest BCUT2D eigenvalue weighted by Gasteiger charge is 2.60. The average molecular weight is 473 g/mol. The molecule has 4 saturated carbocycles. The van der Waals surface area contributed by atoms with E-state index in [1.165, 1.54) is 89.9 Å². The van der Waals surface area contributed by atoms with Crippen LogP contribution in [0.5, 0.6) is 0 Å². The Morgan fingerprint density at radius 3 is 2.38 bits per heavy atom. The second-order valence-electron chi connectivity index (χ2n) is 14.5. The van der Waals surface area contributed by atoms with Crippen LogP contribution in [0.2, 0.25) is 0 Å². The fourth-order valence-corrected chi connectivity index (χ4v) is 10.4. The first-order valence-electron chi connectivity index (χ1n) is 15.6. The van der Waals surface area contributed by atoms with Gasteiger partial charge in [-0.1, -0.05) is 53.9 Å². The molecule has 5 fully saturated rings. The van der Waals surface area contributed by atoms with Crippen molar-refractivity contribution >= 4 is 0 Å². The number of hydrogen-bond donors (Lipinski definition) is 0. The summed E-state index contributed by atoms with van der Waals surface area (Å²) in [7, 11) is 0. The van der Waals surface area contributed by atoms with Crippen LogP contribution in [0, 0.1) is 52.3 Å². The minimum Gasteiger partial charge on any atom is -0.353 e. The van der Waals surface area contributed by atoms with Gasteiger partial charge in [-0.15, -0.1) is 0 Å². The Balaban J connectivity index is 1.21. The van der Waals surface area contributed by atoms with E-state index in [0.717, 1.165) is 54.5 Å². The van der Waals surface area contributed by atoms with E-state index >= 15 is 0 Å². The van der Waals surface area contributed by atoms with Gasteiger partial charge >= 0.3 is 0 Å². The van der Waals surface area contributed by atoms with Crippen LogP contribution >= 0.6 is 0 Å². The summed E-state index contributed by atoms with van der Waals surface area (Å²) < 4.78 is 12.4. The monoisotopic (exact) mass is 472 g/mol. The molecule has 34 heavy (non-hydrogen) atoms. The highest BCUT2D eigenvalue weighted by molar-refractivity contribution is 5.09. The molecule has 1 unspecified atom stereocenters. The average Bonchev–Trinajstić information content (AvgIpc) is 3.17. The molecule has 4 aliphatic carbocycles. The Kier molecular flexibility index (Phi) is 7.78. The second kappa shape index (κ2) is 10.4. The van der Waals surface area contributed by atoms with E-state index in [2.05, 4.69) is 34.6 Å². The zero-order valence-electron chi connectivity index (χ0n) is 23.3. The van der Waals surface area contributed by atoms with E-state index in [9.17, 15) is 0 Å². The minimum absolute atomic E-state index is 0.0905. The number of ether oxygens (including phenoxy) is 2. The third-order valence-corrected chi connectivity index (χ3v) is 12.3. The molecule has 1 heterocycles. The van der Waals surface area contributed by atoms with Crippen molar-refractivity contribution in [3.8, 4) is 0 Å². The first kappa shape index (κ1) is 25.6. The largest absolute Gasteiger partial charge is 0.353 e. The maximum atomic E-state index is 6.51. The quantitative estimate of drug-likeness (QED) is 0.344. The fraction of sp³-hybridized carbons (Fsp3) is 1.00. The molecule has 0 bridgehead atoms. The van der Waals surface area contributed by atoms with Gasteiger partial charge in [-0.2, -0.15) is 0 Å². The summed E-state index contributed by atoms with van der Waals surface area (Å²) >= 11 is 0. The topological polar surface area (TPSA) is 18.5 Å². The number of fused-ring (bicyclic) bond motifs is 5. The fourth-order valence-electron chi connectivity index (χ4n) is 10.4. The smallest absolute Gasteiger partial charge is 0.157 e. The number of rotatable bonds is 7. The molecule has 1 aliphatic heterocycles. The molecular weight excluding hydrogens is 416 g/mol. The van der Waals surface area contributed by atoms with Crippen molar-refractivity contribution < 1.29 is 9.47 Å². The molecule has 2 nitrogen and oxygen atoms in total. The molecule has 5 aliphatic rings. The molecule has 5 rings (SSSR count). The summed E-state index contributed by atoms with van der Waals surface area (Å²) in [6, 6.07) is 0. The molecule has 0 amide bonds. The standard InChI is InChI=1S/C32H56O2/c1-22(2)9-8-10-23(3)27-14-15-28-26-13-12-24-21-25(34-30-11-6-7-20-33-30)16-18-31(24,4)29(26)17-19-32(27,28)5/h22-30H,6-21H2,1-5H3/t23-,24+,25+,26+,27-,28+,29+,30?,31+,32-/m1/s1. The summed E-state index contributed by atoms with van der Waals surface area (Å²) in [6.45, 7) is 13.7. The second-order valence-corrected chi connectivity index (χ2v) is 14.5. The van der Waals surface area contributed by atoms with Gasteiger partial charge < -0.3 is 9.47 Å². The van der Waals surface area contributed by atoms with Gasteiger partial charge in [-0.3, -0.25) is 0 Å². The predicted molar refractivity (Wildman–Crippen MR) is 142 cm³/mol. The van der Waals surface area contributed by atoms with Gasteiger partial charge in [0.2, 0.25) is 0 Å². The maximum absolute atomic E-state index is 6.51. The Morgan fingerprint density at radius 2 is 1.62 bits per heavy atom. The molecular formula is C32H56O2. The third-order valence-electron chi connectivity index (χ3n) is 12.3. The molecule has 0 aromatic rings. The van der Waals surface area contributed by atoms with Crippen LogP contribution in [0.15, 0.2) is 0 Å². The number of hydrogen-bond acceptors (Lipinski definition) is 2. The Hall–Kier alpha value is -0.0800. The molecule has 0 aromatic heterocycles. The Bertz CT molecular complexity index is 668. The zero-order valence-corrected chi connectivity index (χ0v) is 23.3. The lowest BCUT2D eigenvalue weighted by molar-refractivity contribution is -0.212. The maximum Gasteiger partial charge on any atom is 0.157 e. The molecule has 0 radical (unpaired) electrons. The van der Waals surface area contributed by atoms with Crippen LogP contribution in [0.25, 0.3) is 0 Å². The van der Waals surface area contributed by atoms with E-state index in [4.69, 9.17) is 9.47 Å². The van der Waals surface area contributed by atoms with Gasteiger partial charge in [0, 0.05) is 6.61 Å². The first-order chi connectivity index (χ1) is 16.3. The van der Waals surface area contributed by atoms with Gasteiger partial charge in [0.15, 0.2) is 6.29 Å². The van der Waals surface area contributed by atoms with Gasteiger partial charge in [0.1, 0.15) is 0 Å². The van der Waals surface area contributed by atoms with Gasteiger partial charge in [-0.05, 0) is 129 Å². The normalized spacial score (nSPS) is 47.6. The Morgan fingerprint density at radius 1 is 0.824 bits per heavy atom. The van der Waals surface area contributed by atoms with Crippen molar-refractivity contribution in [2.24, 2.45) is 52.3 Å². The van der Waals surface area contributed by atoms with Crippen molar-refractivity contribution in [1.82, 2.24) is 0 Å². The van der Waals surface area contributed by atoms with E-state index in [1.807, 2.05) is 0 Å². The first-order valence-corrected chi connectivity index (χ1v) is 15.6. The van der Waals surface area contributed by atoms with E-state index in [1.54, 1.807) is 0 Å². The molecule has 0 N–H and O–H groups in total. The lowest BCUT2D eigenvalue weighted by Crippen LogP contribution is -2.54. The zero-order chi connectivity index (χ0) is 23.9. The summed E-state index contributed by atoms with van der Waals surface area (Å²) in [5.74, 6) is 6.64. The van der Waals surface area contributed by atoms with Crippen molar-refractivity contribution in [3.63, 3.8) is 0 Å². The molecule has 0 aromatic carbocycles. The van der Waals surface area contributed by atoms with Crippen LogP contribution in [-0.2, 0) is 9.47 Å². The lowest BCUT2D eigenvalue weighted by atomic mass is 9.44. The summed E-state index contributed by atoms with van der Waals surface area (Å²) in [4.78, 5) is 0. The lowest BCUT2D eigenvalue weighted by Gasteiger charge is -2.61. The van der Waals surface area contributed by atoms with Crippen molar-refractivity contribution in [2.75, 3.05) is 6.61 Å². The molecule has 10 atom stereocenters. The molecule has 2 heteroatoms. The molecule has 0 spiro atoms. The van der Waals surface area contributed by atoms with Crippen LogP contribution < -0.4 is 0 Å². The summed E-state index contributed by atoms with van der Waals surface area (Å²) in [6.07, 6.45) is 21.5. The van der Waals surface area contributed by atoms with Crippen LogP contribution in [-0.4, -0.2) is 19.0 Å². The van der Waals surface area contributed by atoms with Gasteiger partial charge in [0.05, 0.1) is 6.10 Å². The van der Waals surface area contributed by atoms with Crippen molar-refractivity contribution in [3.05, 3.63) is 0 Å². The van der Waals surface area contributed by atoms with Gasteiger partial charge in [0.25, 0.3) is 0 Å². The van der Waals surface area contributed by atoms with E-state index < -0.39 is 0 Å². The molecule has 196 valence electrons. The predicted octanol–water partition coefficient (Wildman–Crippen LogP) is 9.02. The van der Waals surface area contributed by atoms with E-state index in [0.29, 0.717) is 16.9 Å². The highest BCUT2D eigenvalue weighted by Crippen LogP contribution is 2.68. The van der Waals surface area contributed by atoms with Gasteiger partial charge in [-0.25, -0.2) is 0 Å². The van der Waals surface area contributed by atoms with Crippen LogP contribution in [0.1, 0.15) is 131 Å². The summed E-state index contributed by atoms with van der Waals surface area (Å²) in [5, 5.41) is 0. The molecule has 1 saturated heterocycles. The van der Waals surface area contributed by atoms with E-state index in [-0.39, 0.29) is 6.29 Å². The third kappa shape index (κ3) is 4.78. The highest BCUT2D eigenvalue weighted by atomic mass is 16.7. The SMILES string of the molecule is CC(C)CCC[C@@H](C)[C@H]1CC[C@H]2[C@@H]3CC[C@H]4C[C@@H](OC5CCCCO5)CC[C@]4(C)[C@H]3CC[C@]12C. The van der Waals surface area contributed by atoms with Crippen LogP contribution in [0.4, 0.5) is 0 Å². The summed E-state index contributed by atoms with van der Waals surface area (Å²) in [5.41, 5.74) is 1.19. The van der Waals surface area contributed by atoms with Crippen molar-refractivity contribution in [2.45, 2.75) is 143 Å². The van der Waals surface area contributed by atoms with Crippen molar-refractivity contribution in [1.29, 1.82) is 0 Å². The minimum atomic E-state index is 0.0905. The Labute approximate surface area is 211 Å².